The van der Waals surface area contributed by atoms with Crippen LogP contribution in [0.25, 0.3) is 22.3 Å². The maximum Gasteiger partial charge on any atom is 0.312 e. The van der Waals surface area contributed by atoms with Gasteiger partial charge in [-0.2, -0.15) is 0 Å². The van der Waals surface area contributed by atoms with Crippen LogP contribution >= 0.6 is 0 Å². The standard InChI is InChI=1S/C33H26O9/c1-39-20-9-6-18(7-10-20)12-13-40-27-5-3-2-4-21(27)22-15-30(38)41-29-17-26(37)32-25(36)16-28(42-33(32)31(22)29)19-8-11-23(34)24(35)14-19/h2-11,14,16-17,22,34-35,37H,12-13,15H2,1H3. The average Bonchev–Trinajstić information content (AvgIpc) is 2.98. The van der Waals surface area contributed by atoms with Gasteiger partial charge in [0, 0.05) is 41.2 Å². The molecular formula is C33H26O9. The highest BCUT2D eigenvalue weighted by atomic mass is 16.5. The molecule has 9 nitrogen and oxygen atoms in total. The molecule has 0 fully saturated rings. The van der Waals surface area contributed by atoms with E-state index in [-0.39, 0.29) is 40.4 Å². The van der Waals surface area contributed by atoms with Crippen molar-refractivity contribution in [3.8, 4) is 45.8 Å². The van der Waals surface area contributed by atoms with Gasteiger partial charge < -0.3 is 33.9 Å². The molecule has 3 N–H and O–H groups in total. The molecule has 1 aromatic heterocycles. The largest absolute Gasteiger partial charge is 0.507 e. The van der Waals surface area contributed by atoms with E-state index in [4.69, 9.17) is 18.6 Å². The molecule has 2 heterocycles. The summed E-state index contributed by atoms with van der Waals surface area (Å²) in [5, 5.41) is 30.4. The minimum absolute atomic E-state index is 0.0469. The van der Waals surface area contributed by atoms with Crippen LogP contribution in [0.1, 0.15) is 29.0 Å². The maximum atomic E-state index is 13.3. The quantitative estimate of drug-likeness (QED) is 0.130. The number of methoxy groups -OCH3 is 1. The van der Waals surface area contributed by atoms with Crippen LogP contribution in [0.3, 0.4) is 0 Å². The van der Waals surface area contributed by atoms with Crippen LogP contribution < -0.4 is 19.6 Å². The Bertz CT molecular complexity index is 1870. The molecule has 1 aliphatic heterocycles. The number of carbonyl (C=O) groups excluding carboxylic acids is 1. The molecular weight excluding hydrogens is 540 g/mol. The van der Waals surface area contributed by atoms with Gasteiger partial charge in [-0.05, 0) is 42.0 Å². The molecule has 0 amide bonds. The van der Waals surface area contributed by atoms with Crippen molar-refractivity contribution in [3.05, 3.63) is 106 Å². The molecule has 6 rings (SSSR count). The van der Waals surface area contributed by atoms with Gasteiger partial charge in [-0.15, -0.1) is 0 Å². The Morgan fingerprint density at radius 2 is 1.67 bits per heavy atom. The lowest BCUT2D eigenvalue weighted by atomic mass is 9.84. The summed E-state index contributed by atoms with van der Waals surface area (Å²) >= 11 is 0. The van der Waals surface area contributed by atoms with Crippen molar-refractivity contribution >= 4 is 16.9 Å². The number of para-hydroxylation sites is 1. The molecule has 42 heavy (non-hydrogen) atoms. The molecule has 1 unspecified atom stereocenters. The molecule has 1 aliphatic rings. The predicted molar refractivity (Wildman–Crippen MR) is 154 cm³/mol. The van der Waals surface area contributed by atoms with Gasteiger partial charge in [-0.3, -0.25) is 9.59 Å². The fourth-order valence-electron chi connectivity index (χ4n) is 5.21. The highest BCUT2D eigenvalue weighted by molar-refractivity contribution is 5.93. The number of aromatic hydroxyl groups is 3. The Morgan fingerprint density at radius 3 is 2.43 bits per heavy atom. The third-order valence-corrected chi connectivity index (χ3v) is 7.29. The average molecular weight is 567 g/mol. The van der Waals surface area contributed by atoms with E-state index < -0.39 is 23.1 Å². The third-order valence-electron chi connectivity index (χ3n) is 7.29. The molecule has 0 bridgehead atoms. The zero-order valence-electron chi connectivity index (χ0n) is 22.5. The van der Waals surface area contributed by atoms with Crippen molar-refractivity contribution in [2.75, 3.05) is 13.7 Å². The summed E-state index contributed by atoms with van der Waals surface area (Å²) in [5.41, 5.74) is 2.01. The van der Waals surface area contributed by atoms with E-state index >= 15 is 0 Å². The Hall–Kier alpha value is -5.44. The number of phenols is 3. The molecule has 0 saturated heterocycles. The SMILES string of the molecule is COc1ccc(CCOc2ccccc2C2CC(=O)Oc3cc(O)c4c(=O)cc(-c5ccc(O)c(O)c5)oc4c32)cc1. The first-order chi connectivity index (χ1) is 20.3. The summed E-state index contributed by atoms with van der Waals surface area (Å²) in [7, 11) is 1.61. The van der Waals surface area contributed by atoms with Crippen molar-refractivity contribution in [1.82, 2.24) is 0 Å². The van der Waals surface area contributed by atoms with Gasteiger partial charge in [0.05, 0.1) is 20.1 Å². The van der Waals surface area contributed by atoms with Crippen LogP contribution in [0.5, 0.6) is 34.5 Å². The summed E-state index contributed by atoms with van der Waals surface area (Å²) < 4.78 is 23.1. The van der Waals surface area contributed by atoms with Crippen LogP contribution in [0, 0.1) is 0 Å². The van der Waals surface area contributed by atoms with Crippen LogP contribution in [0.2, 0.25) is 0 Å². The van der Waals surface area contributed by atoms with Gasteiger partial charge >= 0.3 is 5.97 Å². The monoisotopic (exact) mass is 566 g/mol. The van der Waals surface area contributed by atoms with E-state index in [0.717, 1.165) is 11.3 Å². The molecule has 5 aromatic rings. The molecule has 0 saturated carbocycles. The lowest BCUT2D eigenvalue weighted by Crippen LogP contribution is -2.22. The summed E-state index contributed by atoms with van der Waals surface area (Å²) in [6.45, 7) is 0.368. The second-order valence-corrected chi connectivity index (χ2v) is 9.91. The fourth-order valence-corrected chi connectivity index (χ4v) is 5.21. The van der Waals surface area contributed by atoms with E-state index in [0.29, 0.717) is 35.5 Å². The molecule has 4 aromatic carbocycles. The minimum Gasteiger partial charge on any atom is -0.507 e. The molecule has 212 valence electrons. The summed E-state index contributed by atoms with van der Waals surface area (Å²) in [4.78, 5) is 26.0. The number of phenolic OH excluding ortho intramolecular Hbond substituents is 3. The number of hydrogen-bond acceptors (Lipinski definition) is 9. The van der Waals surface area contributed by atoms with E-state index in [2.05, 4.69) is 0 Å². The Labute approximate surface area is 239 Å². The van der Waals surface area contributed by atoms with E-state index in [1.54, 1.807) is 7.11 Å². The molecule has 9 heteroatoms. The van der Waals surface area contributed by atoms with Crippen LogP contribution in [-0.2, 0) is 11.2 Å². The number of carbonyl (C=O) groups is 1. The highest BCUT2D eigenvalue weighted by Gasteiger charge is 2.35. The van der Waals surface area contributed by atoms with Crippen molar-refractivity contribution in [2.45, 2.75) is 18.8 Å². The molecule has 0 radical (unpaired) electrons. The Kier molecular flexibility index (Phi) is 6.92. The highest BCUT2D eigenvalue weighted by Crippen LogP contribution is 2.48. The van der Waals surface area contributed by atoms with Crippen molar-refractivity contribution in [1.29, 1.82) is 0 Å². The molecule has 1 atom stereocenters. The van der Waals surface area contributed by atoms with Gasteiger partial charge in [0.15, 0.2) is 16.9 Å². The van der Waals surface area contributed by atoms with Crippen LogP contribution in [-0.4, -0.2) is 35.0 Å². The first-order valence-electron chi connectivity index (χ1n) is 13.2. The van der Waals surface area contributed by atoms with E-state index in [9.17, 15) is 24.9 Å². The van der Waals surface area contributed by atoms with Gasteiger partial charge in [0.25, 0.3) is 0 Å². The van der Waals surface area contributed by atoms with Gasteiger partial charge in [0.1, 0.15) is 39.7 Å². The first kappa shape index (κ1) is 26.8. The fraction of sp³-hybridized carbons (Fsp3) is 0.152. The Balaban J connectivity index is 1.43. The number of benzene rings is 4. The maximum absolute atomic E-state index is 13.3. The van der Waals surface area contributed by atoms with Crippen molar-refractivity contribution in [2.24, 2.45) is 0 Å². The summed E-state index contributed by atoms with van der Waals surface area (Å²) in [6.07, 6.45) is 0.579. The van der Waals surface area contributed by atoms with Gasteiger partial charge in [0.2, 0.25) is 0 Å². The third kappa shape index (κ3) is 4.96. The number of fused-ring (bicyclic) bond motifs is 3. The molecule has 0 aliphatic carbocycles. The normalized spacial score (nSPS) is 14.3. The van der Waals surface area contributed by atoms with Crippen molar-refractivity contribution < 1.29 is 38.7 Å². The second-order valence-electron chi connectivity index (χ2n) is 9.91. The van der Waals surface area contributed by atoms with Crippen LogP contribution in [0.4, 0.5) is 0 Å². The van der Waals surface area contributed by atoms with E-state index in [1.165, 1.54) is 30.3 Å². The predicted octanol–water partition coefficient (Wildman–Crippen LogP) is 5.65. The van der Waals surface area contributed by atoms with Crippen molar-refractivity contribution in [3.63, 3.8) is 0 Å². The number of hydrogen-bond donors (Lipinski definition) is 3. The van der Waals surface area contributed by atoms with Gasteiger partial charge in [-0.1, -0.05) is 30.3 Å². The van der Waals surface area contributed by atoms with Gasteiger partial charge in [-0.25, -0.2) is 0 Å². The summed E-state index contributed by atoms with van der Waals surface area (Å²) in [5.74, 6) is -0.751. The smallest absolute Gasteiger partial charge is 0.312 e. The zero-order chi connectivity index (χ0) is 29.4. The topological polar surface area (TPSA) is 136 Å². The first-order valence-corrected chi connectivity index (χ1v) is 13.2. The zero-order valence-corrected chi connectivity index (χ0v) is 22.5. The summed E-state index contributed by atoms with van der Waals surface area (Å²) in [6, 6.07) is 21.5. The lowest BCUT2D eigenvalue weighted by Gasteiger charge is -2.27. The number of rotatable bonds is 7. The number of ether oxygens (including phenoxy) is 3. The minimum atomic E-state index is -0.617. The Morgan fingerprint density at radius 1 is 0.881 bits per heavy atom. The second kappa shape index (κ2) is 10.9. The van der Waals surface area contributed by atoms with E-state index in [1.807, 2.05) is 48.5 Å². The number of esters is 1. The lowest BCUT2D eigenvalue weighted by molar-refractivity contribution is -0.135. The van der Waals surface area contributed by atoms with Crippen LogP contribution in [0.15, 0.2) is 88.1 Å². The molecule has 0 spiro atoms.